The van der Waals surface area contributed by atoms with E-state index in [-0.39, 0.29) is 0 Å². The lowest BCUT2D eigenvalue weighted by Crippen LogP contribution is -2.46. The lowest BCUT2D eigenvalue weighted by atomic mass is 9.87. The molecule has 0 aliphatic carbocycles. The highest BCUT2D eigenvalue weighted by Crippen LogP contribution is 2.38. The Morgan fingerprint density at radius 2 is 1.72 bits per heavy atom. The fourth-order valence-corrected chi connectivity index (χ4v) is 5.80. The summed E-state index contributed by atoms with van der Waals surface area (Å²) in [5.74, 6) is -0.239. The van der Waals surface area contributed by atoms with Crippen LogP contribution in [0.4, 0.5) is 0 Å². The first-order valence-corrected chi connectivity index (χ1v) is 13.9. The summed E-state index contributed by atoms with van der Waals surface area (Å²) < 4.78 is 0. The molecule has 2 N–H and O–H groups in total. The van der Waals surface area contributed by atoms with E-state index in [0.29, 0.717) is 37.9 Å². The fraction of sp³-hybridized carbons (Fsp3) is 0.375. The predicted molar refractivity (Wildman–Crippen MR) is 155 cm³/mol. The van der Waals surface area contributed by atoms with E-state index >= 15 is 0 Å². The van der Waals surface area contributed by atoms with Crippen molar-refractivity contribution in [3.05, 3.63) is 82.9 Å². The van der Waals surface area contributed by atoms with Crippen LogP contribution in [0.5, 0.6) is 0 Å². The summed E-state index contributed by atoms with van der Waals surface area (Å²) in [6.07, 6.45) is 5.82. The second-order valence-corrected chi connectivity index (χ2v) is 10.9. The van der Waals surface area contributed by atoms with Crippen molar-refractivity contribution in [2.24, 2.45) is 0 Å². The lowest BCUT2D eigenvalue weighted by Gasteiger charge is -2.32. The van der Waals surface area contributed by atoms with E-state index in [1.807, 2.05) is 26.0 Å². The number of nitrogens with zero attached hydrogens (tertiary/aromatic N) is 3. The highest BCUT2D eigenvalue weighted by Gasteiger charge is 2.28. The number of carbonyl (C=O) groups excluding carboxylic acids is 2. The average Bonchev–Trinajstić information content (AvgIpc) is 3.32. The molecule has 1 saturated heterocycles. The van der Waals surface area contributed by atoms with Crippen molar-refractivity contribution in [1.29, 1.82) is 0 Å². The van der Waals surface area contributed by atoms with Crippen LogP contribution >= 0.6 is 0 Å². The molecule has 1 fully saturated rings. The van der Waals surface area contributed by atoms with E-state index in [1.54, 1.807) is 17.3 Å². The molecule has 0 unspecified atom stereocenters. The number of nitrogens with one attached hydrogen (secondary N) is 2. The van der Waals surface area contributed by atoms with Gasteiger partial charge in [0, 0.05) is 59.9 Å². The molecule has 7 heteroatoms. The number of pyridine rings is 2. The van der Waals surface area contributed by atoms with Crippen LogP contribution in [0, 0.1) is 13.8 Å². The summed E-state index contributed by atoms with van der Waals surface area (Å²) in [5.41, 5.74) is 9.22. The third kappa shape index (κ3) is 5.87. The first-order valence-electron chi connectivity index (χ1n) is 13.9. The number of hydrogen-bond donors (Lipinski definition) is 2. The van der Waals surface area contributed by atoms with E-state index in [0.717, 1.165) is 35.3 Å². The zero-order chi connectivity index (χ0) is 27.5. The third-order valence-corrected chi connectivity index (χ3v) is 7.71. The number of amides is 2. The molecule has 202 valence electrons. The Labute approximate surface area is 230 Å². The summed E-state index contributed by atoms with van der Waals surface area (Å²) in [5, 5.41) is 4.03. The molecule has 0 bridgehead atoms. The normalized spacial score (nSPS) is 14.2. The Morgan fingerprint density at radius 3 is 2.38 bits per heavy atom. The highest BCUT2D eigenvalue weighted by atomic mass is 16.2. The Kier molecular flexibility index (Phi) is 7.77. The largest absolute Gasteiger partial charge is 0.354 e. The van der Waals surface area contributed by atoms with E-state index in [4.69, 9.17) is 0 Å². The van der Waals surface area contributed by atoms with Crippen LogP contribution < -0.4 is 5.32 Å². The Hall–Kier alpha value is -4.00. The smallest absolute Gasteiger partial charge is 0.311 e. The number of H-pyrrole nitrogens is 1. The van der Waals surface area contributed by atoms with Crippen molar-refractivity contribution >= 4 is 22.7 Å². The molecule has 1 aromatic carbocycles. The average molecular weight is 524 g/mol. The van der Waals surface area contributed by atoms with Gasteiger partial charge in [-0.1, -0.05) is 19.9 Å². The molecule has 2 amide bonds. The molecule has 0 radical (unpaired) electrons. The molecule has 4 aromatic rings. The van der Waals surface area contributed by atoms with Gasteiger partial charge in [-0.05, 0) is 98.0 Å². The molecule has 1 aliphatic heterocycles. The molecule has 0 saturated carbocycles. The monoisotopic (exact) mass is 523 g/mol. The number of rotatable bonds is 6. The van der Waals surface area contributed by atoms with Crippen LogP contribution in [0.2, 0.25) is 0 Å². The van der Waals surface area contributed by atoms with Crippen molar-refractivity contribution in [2.45, 2.75) is 58.8 Å². The van der Waals surface area contributed by atoms with Gasteiger partial charge in [0.2, 0.25) is 0 Å². The summed E-state index contributed by atoms with van der Waals surface area (Å²) in [7, 11) is 0. The van der Waals surface area contributed by atoms with Crippen molar-refractivity contribution in [1.82, 2.24) is 25.2 Å². The van der Waals surface area contributed by atoms with Crippen LogP contribution in [0.15, 0.2) is 54.9 Å². The summed E-state index contributed by atoms with van der Waals surface area (Å²) in [4.78, 5) is 39.2. The maximum absolute atomic E-state index is 12.8. The molecule has 7 nitrogen and oxygen atoms in total. The van der Waals surface area contributed by atoms with Crippen molar-refractivity contribution in [2.75, 3.05) is 19.6 Å². The number of piperidine rings is 1. The summed E-state index contributed by atoms with van der Waals surface area (Å²) >= 11 is 0. The zero-order valence-corrected chi connectivity index (χ0v) is 23.3. The SMILES string of the molecule is Cc1cc(-c2[nH]c3ccc(C4CCN(C(=O)C(=O)NCCc5ccncc5)CC4)cc3c2C(C)C)cc(C)n1. The first-order chi connectivity index (χ1) is 18.8. The lowest BCUT2D eigenvalue weighted by molar-refractivity contribution is -0.146. The molecule has 1 aliphatic rings. The number of aromatic amines is 1. The van der Waals surface area contributed by atoms with Gasteiger partial charge in [0.1, 0.15) is 0 Å². The van der Waals surface area contributed by atoms with Crippen molar-refractivity contribution < 1.29 is 9.59 Å². The Bertz CT molecular complexity index is 1460. The van der Waals surface area contributed by atoms with Crippen molar-refractivity contribution in [3.8, 4) is 11.3 Å². The van der Waals surface area contributed by atoms with Crippen LogP contribution in [0.3, 0.4) is 0 Å². The number of hydrogen-bond acceptors (Lipinski definition) is 4. The Balaban J connectivity index is 1.26. The first kappa shape index (κ1) is 26.6. The van der Waals surface area contributed by atoms with Crippen LogP contribution in [0.1, 0.15) is 66.6 Å². The van der Waals surface area contributed by atoms with Gasteiger partial charge < -0.3 is 15.2 Å². The minimum atomic E-state index is -0.521. The van der Waals surface area contributed by atoms with Gasteiger partial charge >= 0.3 is 11.8 Å². The molecule has 39 heavy (non-hydrogen) atoms. The van der Waals surface area contributed by atoms with Gasteiger partial charge in [-0.15, -0.1) is 0 Å². The molecular formula is C32H37N5O2. The third-order valence-electron chi connectivity index (χ3n) is 7.71. The number of carbonyl (C=O) groups is 2. The number of benzene rings is 1. The van der Waals surface area contributed by atoms with Gasteiger partial charge in [0.25, 0.3) is 0 Å². The zero-order valence-electron chi connectivity index (χ0n) is 23.3. The van der Waals surface area contributed by atoms with Crippen LogP contribution in [0.25, 0.3) is 22.2 Å². The number of aryl methyl sites for hydroxylation is 2. The molecule has 0 spiro atoms. The second kappa shape index (κ2) is 11.4. The molecule has 5 rings (SSSR count). The van der Waals surface area contributed by atoms with E-state index in [9.17, 15) is 9.59 Å². The van der Waals surface area contributed by atoms with Gasteiger partial charge in [0.05, 0.1) is 5.69 Å². The summed E-state index contributed by atoms with van der Waals surface area (Å²) in [6.45, 7) is 10.2. The van der Waals surface area contributed by atoms with E-state index in [2.05, 4.69) is 64.4 Å². The fourth-order valence-electron chi connectivity index (χ4n) is 5.80. The number of likely N-dealkylation sites (tertiary alicyclic amines) is 1. The number of aromatic nitrogens is 3. The topological polar surface area (TPSA) is 91.0 Å². The van der Waals surface area contributed by atoms with E-state index < -0.39 is 11.8 Å². The molecular weight excluding hydrogens is 486 g/mol. The molecule has 3 aromatic heterocycles. The second-order valence-electron chi connectivity index (χ2n) is 10.9. The predicted octanol–water partition coefficient (Wildman–Crippen LogP) is 5.43. The molecule has 4 heterocycles. The van der Waals surface area contributed by atoms with Gasteiger partial charge in [-0.3, -0.25) is 19.6 Å². The quantitative estimate of drug-likeness (QED) is 0.330. The van der Waals surface area contributed by atoms with Gasteiger partial charge in [-0.25, -0.2) is 0 Å². The van der Waals surface area contributed by atoms with Gasteiger partial charge in [-0.2, -0.15) is 0 Å². The minimum absolute atomic E-state index is 0.356. The van der Waals surface area contributed by atoms with Crippen molar-refractivity contribution in [3.63, 3.8) is 0 Å². The van der Waals surface area contributed by atoms with Crippen LogP contribution in [-0.2, 0) is 16.0 Å². The minimum Gasteiger partial charge on any atom is -0.354 e. The highest BCUT2D eigenvalue weighted by molar-refractivity contribution is 6.35. The van der Waals surface area contributed by atoms with E-state index in [1.165, 1.54) is 27.8 Å². The van der Waals surface area contributed by atoms with Crippen LogP contribution in [-0.4, -0.2) is 51.3 Å². The number of fused-ring (bicyclic) bond motifs is 1. The summed E-state index contributed by atoms with van der Waals surface area (Å²) in [6, 6.07) is 14.8. The maximum Gasteiger partial charge on any atom is 0.311 e. The maximum atomic E-state index is 12.8. The molecule has 0 atom stereocenters. The standard InChI is InChI=1S/C32H37N5O2/c1-20(2)29-27-19-25(5-6-28(27)36-30(29)26-17-21(3)35-22(4)18-26)24-10-15-37(16-11-24)32(39)31(38)34-14-9-23-7-12-33-13-8-23/h5-8,12-13,17-20,24,36H,9-11,14-16H2,1-4H3,(H,34,38). The van der Waals surface area contributed by atoms with Gasteiger partial charge in [0.15, 0.2) is 0 Å². The Morgan fingerprint density at radius 1 is 1.03 bits per heavy atom.